The summed E-state index contributed by atoms with van der Waals surface area (Å²) in [6.45, 7) is 2.09. The number of carbonyl (C=O) groups is 1. The van der Waals surface area contributed by atoms with Crippen LogP contribution in [0, 0.1) is 11.3 Å². The number of carbonyl (C=O) groups excluding carboxylic acids is 1. The van der Waals surface area contributed by atoms with Crippen LogP contribution in [-0.2, 0) is 15.1 Å². The van der Waals surface area contributed by atoms with E-state index in [2.05, 4.69) is 30.4 Å². The zero-order valence-corrected chi connectivity index (χ0v) is 15.7. The first kappa shape index (κ1) is 17.0. The Morgan fingerprint density at radius 1 is 1.27 bits per heavy atom. The molecule has 3 heterocycles. The van der Waals surface area contributed by atoms with Crippen LogP contribution in [0.25, 0.3) is 11.1 Å². The summed E-state index contributed by atoms with van der Waals surface area (Å²) in [5, 5.41) is 16.1. The molecule has 0 radical (unpaired) electrons. The lowest BCUT2D eigenvalue weighted by molar-refractivity contribution is -0.125. The highest BCUT2D eigenvalue weighted by Crippen LogP contribution is 2.45. The molecule has 4 rings (SSSR count). The van der Waals surface area contributed by atoms with Crippen LogP contribution in [0.3, 0.4) is 0 Å². The number of thiophene rings is 2. The SMILES string of the molecule is CCC1(c2cccs2)OCC(=O)Nc2ccc(-c3csc(C#N)c3)cc21. The van der Waals surface area contributed by atoms with E-state index in [4.69, 9.17) is 10.00 Å². The second-order valence-electron chi connectivity index (χ2n) is 6.07. The van der Waals surface area contributed by atoms with Crippen molar-refractivity contribution in [2.24, 2.45) is 0 Å². The molecule has 6 heteroatoms. The van der Waals surface area contributed by atoms with E-state index in [1.165, 1.54) is 11.3 Å². The molecular weight excluding hydrogens is 364 g/mol. The number of rotatable bonds is 3. The molecule has 1 N–H and O–H groups in total. The number of nitriles is 1. The molecule has 0 aliphatic carbocycles. The van der Waals surface area contributed by atoms with Crippen molar-refractivity contribution in [2.75, 3.05) is 11.9 Å². The number of fused-ring (bicyclic) bond motifs is 1. The second kappa shape index (κ2) is 6.69. The molecule has 0 bridgehead atoms. The number of anilines is 1. The van der Waals surface area contributed by atoms with Crippen LogP contribution in [-0.4, -0.2) is 12.5 Å². The summed E-state index contributed by atoms with van der Waals surface area (Å²) in [6, 6.07) is 14.1. The first-order valence-electron chi connectivity index (χ1n) is 8.27. The normalized spacial score (nSPS) is 19.3. The smallest absolute Gasteiger partial charge is 0.250 e. The third-order valence-electron chi connectivity index (χ3n) is 4.64. The average Bonchev–Trinajstić information content (AvgIpc) is 3.33. The largest absolute Gasteiger partial charge is 0.355 e. The van der Waals surface area contributed by atoms with E-state index in [0.29, 0.717) is 11.3 Å². The van der Waals surface area contributed by atoms with Gasteiger partial charge in [-0.1, -0.05) is 19.1 Å². The molecule has 26 heavy (non-hydrogen) atoms. The minimum absolute atomic E-state index is 0.0206. The van der Waals surface area contributed by atoms with Crippen molar-refractivity contribution in [3.63, 3.8) is 0 Å². The number of benzene rings is 1. The molecule has 0 spiro atoms. The number of nitrogens with one attached hydrogen (secondary N) is 1. The van der Waals surface area contributed by atoms with Gasteiger partial charge in [-0.2, -0.15) is 5.26 Å². The third kappa shape index (κ3) is 2.74. The summed E-state index contributed by atoms with van der Waals surface area (Å²) in [5.41, 5.74) is 3.08. The van der Waals surface area contributed by atoms with Crippen molar-refractivity contribution in [3.8, 4) is 17.2 Å². The standard InChI is InChI=1S/C20H16N2O2S2/c1-2-20(18-4-3-7-25-18)16-9-13(14-8-15(10-21)26-12-14)5-6-17(16)22-19(23)11-24-20/h3-9,12H,2,11H2,1H3,(H,22,23). The van der Waals surface area contributed by atoms with E-state index in [-0.39, 0.29) is 12.5 Å². The van der Waals surface area contributed by atoms with Gasteiger partial charge in [0.2, 0.25) is 5.91 Å². The first-order chi connectivity index (χ1) is 12.7. The van der Waals surface area contributed by atoms with Crippen LogP contribution in [0.4, 0.5) is 5.69 Å². The van der Waals surface area contributed by atoms with Crippen molar-refractivity contribution in [1.82, 2.24) is 0 Å². The Bertz CT molecular complexity index is 1000. The Labute approximate surface area is 159 Å². The first-order valence-corrected chi connectivity index (χ1v) is 10.0. The lowest BCUT2D eigenvalue weighted by atomic mass is 9.86. The van der Waals surface area contributed by atoms with Gasteiger partial charge in [0.05, 0.1) is 0 Å². The molecule has 1 aliphatic rings. The Hall–Kier alpha value is -2.46. The maximum Gasteiger partial charge on any atom is 0.250 e. The van der Waals surface area contributed by atoms with Crippen LogP contribution in [0.15, 0.2) is 47.2 Å². The number of nitrogens with zero attached hydrogens (tertiary/aromatic N) is 1. The summed E-state index contributed by atoms with van der Waals surface area (Å²) in [7, 11) is 0. The zero-order chi connectivity index (χ0) is 18.1. The molecule has 1 unspecified atom stereocenters. The molecule has 1 amide bonds. The van der Waals surface area contributed by atoms with Crippen molar-refractivity contribution < 1.29 is 9.53 Å². The molecule has 2 aromatic heterocycles. The van der Waals surface area contributed by atoms with Gasteiger partial charge in [-0.15, -0.1) is 22.7 Å². The van der Waals surface area contributed by atoms with Gasteiger partial charge in [-0.25, -0.2) is 0 Å². The van der Waals surface area contributed by atoms with Crippen LogP contribution in [0.2, 0.25) is 0 Å². The van der Waals surface area contributed by atoms with E-state index in [9.17, 15) is 4.79 Å². The van der Waals surface area contributed by atoms with Crippen LogP contribution in [0.1, 0.15) is 28.7 Å². The molecule has 3 aromatic rings. The molecule has 1 aliphatic heterocycles. The fourth-order valence-corrected chi connectivity index (χ4v) is 5.02. The van der Waals surface area contributed by atoms with Gasteiger partial charge in [-0.05, 0) is 52.6 Å². The van der Waals surface area contributed by atoms with Crippen LogP contribution >= 0.6 is 22.7 Å². The third-order valence-corrected chi connectivity index (χ3v) is 6.49. The van der Waals surface area contributed by atoms with E-state index in [1.54, 1.807) is 11.3 Å². The summed E-state index contributed by atoms with van der Waals surface area (Å²) in [4.78, 5) is 13.9. The molecule has 4 nitrogen and oxygen atoms in total. The van der Waals surface area contributed by atoms with Crippen LogP contribution < -0.4 is 5.32 Å². The quantitative estimate of drug-likeness (QED) is 0.698. The average molecular weight is 380 g/mol. The highest BCUT2D eigenvalue weighted by atomic mass is 32.1. The number of hydrogen-bond donors (Lipinski definition) is 1. The second-order valence-corrected chi connectivity index (χ2v) is 7.93. The number of hydrogen-bond acceptors (Lipinski definition) is 5. The topological polar surface area (TPSA) is 62.1 Å². The van der Waals surface area contributed by atoms with E-state index in [0.717, 1.165) is 27.3 Å². The lowest BCUT2D eigenvalue weighted by Gasteiger charge is -2.32. The summed E-state index contributed by atoms with van der Waals surface area (Å²) >= 11 is 3.06. The molecule has 0 fully saturated rings. The Kier molecular flexibility index (Phi) is 4.37. The van der Waals surface area contributed by atoms with Crippen molar-refractivity contribution in [3.05, 3.63) is 62.5 Å². The van der Waals surface area contributed by atoms with Gasteiger partial charge in [-0.3, -0.25) is 4.79 Å². The predicted molar refractivity (Wildman–Crippen MR) is 104 cm³/mol. The summed E-state index contributed by atoms with van der Waals surface area (Å²) < 4.78 is 6.19. The summed E-state index contributed by atoms with van der Waals surface area (Å²) in [6.07, 6.45) is 0.714. The number of amides is 1. The number of ether oxygens (including phenoxy) is 1. The van der Waals surface area contributed by atoms with E-state index in [1.807, 2.05) is 35.0 Å². The molecule has 1 aromatic carbocycles. The molecule has 130 valence electrons. The van der Waals surface area contributed by atoms with Crippen molar-refractivity contribution in [2.45, 2.75) is 18.9 Å². The van der Waals surface area contributed by atoms with E-state index < -0.39 is 5.60 Å². The maximum atomic E-state index is 12.1. The van der Waals surface area contributed by atoms with Gasteiger partial charge in [0.1, 0.15) is 23.2 Å². The monoisotopic (exact) mass is 380 g/mol. The van der Waals surface area contributed by atoms with Gasteiger partial charge < -0.3 is 10.1 Å². The predicted octanol–water partition coefficient (Wildman–Crippen LogP) is 4.97. The molecule has 0 saturated heterocycles. The molecule has 0 saturated carbocycles. The van der Waals surface area contributed by atoms with Crippen molar-refractivity contribution >= 4 is 34.3 Å². The van der Waals surface area contributed by atoms with Gasteiger partial charge in [0, 0.05) is 16.1 Å². The Morgan fingerprint density at radius 3 is 2.85 bits per heavy atom. The Morgan fingerprint density at radius 2 is 2.15 bits per heavy atom. The fraction of sp³-hybridized carbons (Fsp3) is 0.200. The van der Waals surface area contributed by atoms with E-state index >= 15 is 0 Å². The minimum Gasteiger partial charge on any atom is -0.355 e. The molecular formula is C20H16N2O2S2. The van der Waals surface area contributed by atoms with Gasteiger partial charge in [0.25, 0.3) is 0 Å². The highest BCUT2D eigenvalue weighted by molar-refractivity contribution is 7.11. The van der Waals surface area contributed by atoms with Crippen LogP contribution in [0.5, 0.6) is 0 Å². The zero-order valence-electron chi connectivity index (χ0n) is 14.1. The maximum absolute atomic E-state index is 12.1. The molecule has 1 atom stereocenters. The Balaban J connectivity index is 1.91. The van der Waals surface area contributed by atoms with Gasteiger partial charge in [0.15, 0.2) is 0 Å². The van der Waals surface area contributed by atoms with Gasteiger partial charge >= 0.3 is 0 Å². The summed E-state index contributed by atoms with van der Waals surface area (Å²) in [5.74, 6) is -0.145. The fourth-order valence-electron chi connectivity index (χ4n) is 3.34. The van der Waals surface area contributed by atoms with Crippen molar-refractivity contribution in [1.29, 1.82) is 5.26 Å². The lowest BCUT2D eigenvalue weighted by Crippen LogP contribution is -2.30. The highest BCUT2D eigenvalue weighted by Gasteiger charge is 2.39. The minimum atomic E-state index is -0.660.